The molecule has 0 atom stereocenters. The van der Waals surface area contributed by atoms with Crippen molar-refractivity contribution in [1.29, 1.82) is 5.26 Å². The van der Waals surface area contributed by atoms with Crippen LogP contribution in [0.25, 0.3) is 0 Å². The molecule has 92 valence electrons. The van der Waals surface area contributed by atoms with Gasteiger partial charge in [0, 0.05) is 5.56 Å². The predicted molar refractivity (Wildman–Crippen MR) is 62.5 cm³/mol. The van der Waals surface area contributed by atoms with Gasteiger partial charge < -0.3 is 4.74 Å². The van der Waals surface area contributed by atoms with Crippen LogP contribution in [-0.4, -0.2) is 11.3 Å². The number of alkyl halides is 4. The number of nitriles is 1. The number of pyridine rings is 1. The second kappa shape index (κ2) is 5.73. The Hall–Kier alpha value is -0.750. The summed E-state index contributed by atoms with van der Waals surface area (Å²) in [6.07, 6.45) is -4.79. The maximum Gasteiger partial charge on any atom is 0.573 e. The summed E-state index contributed by atoms with van der Waals surface area (Å²) in [6.45, 7) is 0. The summed E-state index contributed by atoms with van der Waals surface area (Å²) < 4.78 is 40.3. The molecule has 0 saturated heterocycles. The maximum atomic E-state index is 12.1. The lowest BCUT2D eigenvalue weighted by atomic mass is 10.2. The van der Waals surface area contributed by atoms with E-state index in [1.807, 2.05) is 6.07 Å². The maximum absolute atomic E-state index is 12.1. The van der Waals surface area contributed by atoms with E-state index in [-0.39, 0.29) is 21.6 Å². The van der Waals surface area contributed by atoms with Crippen LogP contribution in [0, 0.1) is 15.0 Å². The Labute approximate surface area is 114 Å². The molecule has 8 heteroatoms. The van der Waals surface area contributed by atoms with Gasteiger partial charge in [-0.3, -0.25) is 0 Å². The van der Waals surface area contributed by atoms with Crippen molar-refractivity contribution in [3.63, 3.8) is 0 Å². The van der Waals surface area contributed by atoms with Gasteiger partial charge in [0.1, 0.15) is 3.70 Å². The molecule has 0 aliphatic heterocycles. The molecule has 0 saturated carbocycles. The molecule has 0 fully saturated rings. The van der Waals surface area contributed by atoms with Crippen LogP contribution in [-0.2, 0) is 12.3 Å². The lowest BCUT2D eigenvalue weighted by molar-refractivity contribution is -0.275. The van der Waals surface area contributed by atoms with Crippen molar-refractivity contribution in [1.82, 2.24) is 4.98 Å². The van der Waals surface area contributed by atoms with Crippen molar-refractivity contribution in [3.8, 4) is 11.8 Å². The quantitative estimate of drug-likeness (QED) is 0.461. The number of nitrogens with zero attached hydrogens (tertiary/aromatic N) is 2. The number of aromatic nitrogens is 1. The van der Waals surface area contributed by atoms with Gasteiger partial charge in [-0.15, -0.1) is 24.8 Å². The number of hydrogen-bond acceptors (Lipinski definition) is 3. The molecule has 0 bridgehead atoms. The van der Waals surface area contributed by atoms with Crippen LogP contribution in [0.3, 0.4) is 0 Å². The van der Waals surface area contributed by atoms with Crippen LogP contribution >= 0.6 is 34.2 Å². The molecule has 1 aromatic heterocycles. The number of hydrogen-bond donors (Lipinski definition) is 0. The summed E-state index contributed by atoms with van der Waals surface area (Å²) >= 11 is 7.15. The van der Waals surface area contributed by atoms with Crippen LogP contribution < -0.4 is 4.74 Å². The number of ether oxygens (including phenoxy) is 1. The predicted octanol–water partition coefficient (Wildman–Crippen LogP) is 3.39. The molecule has 3 nitrogen and oxygen atoms in total. The van der Waals surface area contributed by atoms with Crippen LogP contribution in [0.2, 0.25) is 0 Å². The van der Waals surface area contributed by atoms with Gasteiger partial charge in [-0.2, -0.15) is 5.26 Å². The van der Waals surface area contributed by atoms with E-state index in [4.69, 9.17) is 16.9 Å². The molecule has 1 heterocycles. The Morgan fingerprint density at radius 2 is 2.18 bits per heavy atom. The third-order valence-electron chi connectivity index (χ3n) is 1.68. The fourth-order valence-electron chi connectivity index (χ4n) is 1.10. The third-order valence-corrected chi connectivity index (χ3v) is 2.70. The zero-order valence-electron chi connectivity index (χ0n) is 8.18. The first kappa shape index (κ1) is 14.3. The molecule has 0 aliphatic carbocycles. The monoisotopic (exact) mass is 376 g/mol. The van der Waals surface area contributed by atoms with Crippen molar-refractivity contribution in [2.45, 2.75) is 18.7 Å². The first-order valence-electron chi connectivity index (χ1n) is 4.24. The minimum absolute atomic E-state index is 0.00614. The highest BCUT2D eigenvalue weighted by atomic mass is 127. The molecule has 1 aromatic rings. The smallest absolute Gasteiger partial charge is 0.403 e. The Morgan fingerprint density at radius 1 is 1.53 bits per heavy atom. The van der Waals surface area contributed by atoms with E-state index in [1.54, 1.807) is 22.6 Å². The Morgan fingerprint density at radius 3 is 2.65 bits per heavy atom. The molecular formula is C9H5ClF3IN2O. The average molecular weight is 377 g/mol. The lowest BCUT2D eigenvalue weighted by Crippen LogP contribution is -2.19. The highest BCUT2D eigenvalue weighted by molar-refractivity contribution is 14.1. The molecule has 0 N–H and O–H groups in total. The SMILES string of the molecule is N#CCc1cc(CCl)c(OC(F)(F)F)c(I)n1. The lowest BCUT2D eigenvalue weighted by Gasteiger charge is -2.14. The summed E-state index contributed by atoms with van der Waals surface area (Å²) in [5, 5.41) is 8.49. The average Bonchev–Trinajstić information content (AvgIpc) is 2.20. The summed E-state index contributed by atoms with van der Waals surface area (Å²) in [4.78, 5) is 3.84. The van der Waals surface area contributed by atoms with E-state index >= 15 is 0 Å². The second-order valence-corrected chi connectivity index (χ2v) is 4.20. The van der Waals surface area contributed by atoms with E-state index in [2.05, 4.69) is 9.72 Å². The topological polar surface area (TPSA) is 45.9 Å². The molecule has 0 radical (unpaired) electrons. The Balaban J connectivity index is 3.17. The zero-order chi connectivity index (χ0) is 13.1. The fourth-order valence-corrected chi connectivity index (χ4v) is 2.07. The highest BCUT2D eigenvalue weighted by Crippen LogP contribution is 2.31. The molecule has 17 heavy (non-hydrogen) atoms. The van der Waals surface area contributed by atoms with Gasteiger partial charge in [0.15, 0.2) is 5.75 Å². The molecule has 0 aromatic carbocycles. The van der Waals surface area contributed by atoms with Crippen molar-refractivity contribution in [2.24, 2.45) is 0 Å². The van der Waals surface area contributed by atoms with Gasteiger partial charge in [0.2, 0.25) is 0 Å². The van der Waals surface area contributed by atoms with E-state index in [1.165, 1.54) is 6.07 Å². The van der Waals surface area contributed by atoms with E-state index in [9.17, 15) is 13.2 Å². The van der Waals surface area contributed by atoms with Crippen molar-refractivity contribution in [3.05, 3.63) is 21.0 Å². The fraction of sp³-hybridized carbons (Fsp3) is 0.333. The zero-order valence-corrected chi connectivity index (χ0v) is 11.1. The van der Waals surface area contributed by atoms with Crippen molar-refractivity contribution >= 4 is 34.2 Å². The van der Waals surface area contributed by atoms with E-state index in [0.717, 1.165) is 0 Å². The van der Waals surface area contributed by atoms with Crippen LogP contribution in [0.5, 0.6) is 5.75 Å². The van der Waals surface area contributed by atoms with E-state index < -0.39 is 12.1 Å². The van der Waals surface area contributed by atoms with Gasteiger partial charge in [0.25, 0.3) is 0 Å². The van der Waals surface area contributed by atoms with Crippen LogP contribution in [0.4, 0.5) is 13.2 Å². The van der Waals surface area contributed by atoms with Gasteiger partial charge in [-0.25, -0.2) is 4.98 Å². The Kier molecular flexibility index (Phi) is 4.82. The number of halogens is 5. The molecule has 1 rings (SSSR count). The van der Waals surface area contributed by atoms with Crippen molar-refractivity contribution in [2.75, 3.05) is 0 Å². The Bertz CT molecular complexity index is 459. The summed E-state index contributed by atoms with van der Waals surface area (Å²) in [5.41, 5.74) is 0.524. The summed E-state index contributed by atoms with van der Waals surface area (Å²) in [7, 11) is 0. The van der Waals surface area contributed by atoms with Crippen LogP contribution in [0.15, 0.2) is 6.07 Å². The second-order valence-electron chi connectivity index (χ2n) is 2.91. The molecule has 0 aliphatic rings. The van der Waals surface area contributed by atoms with Gasteiger partial charge in [-0.05, 0) is 28.7 Å². The van der Waals surface area contributed by atoms with Gasteiger partial charge >= 0.3 is 6.36 Å². The molecule has 0 spiro atoms. The number of rotatable bonds is 3. The van der Waals surface area contributed by atoms with Gasteiger partial charge in [0.05, 0.1) is 24.1 Å². The summed E-state index contributed by atoms with van der Waals surface area (Å²) in [6, 6.07) is 3.19. The first-order valence-corrected chi connectivity index (χ1v) is 5.85. The van der Waals surface area contributed by atoms with Crippen LogP contribution in [0.1, 0.15) is 11.3 Å². The standard InChI is InChI=1S/C9H5ClF3IN2O/c10-4-5-3-6(1-2-15)16-8(14)7(5)17-9(11,12)13/h3H,1,4H2. The third kappa shape index (κ3) is 4.20. The minimum Gasteiger partial charge on any atom is -0.403 e. The highest BCUT2D eigenvalue weighted by Gasteiger charge is 2.33. The molecule has 0 amide bonds. The van der Waals surface area contributed by atoms with Gasteiger partial charge in [-0.1, -0.05) is 0 Å². The first-order chi connectivity index (χ1) is 7.87. The molecular weight excluding hydrogens is 371 g/mol. The van der Waals surface area contributed by atoms with E-state index in [0.29, 0.717) is 5.69 Å². The molecule has 0 unspecified atom stereocenters. The normalized spacial score (nSPS) is 11.1. The minimum atomic E-state index is -4.79. The summed E-state index contributed by atoms with van der Waals surface area (Å²) in [5.74, 6) is -0.558. The largest absolute Gasteiger partial charge is 0.573 e. The van der Waals surface area contributed by atoms with Crippen molar-refractivity contribution < 1.29 is 17.9 Å².